The molecule has 2 aromatic heterocycles. The Morgan fingerprint density at radius 3 is 2.62 bits per heavy atom. The highest BCUT2D eigenvalue weighted by molar-refractivity contribution is 5.85. The molecule has 0 amide bonds. The number of methoxy groups -OCH3 is 1. The number of aromatic amines is 1. The Morgan fingerprint density at radius 1 is 1.03 bits per heavy atom. The van der Waals surface area contributed by atoms with Crippen molar-refractivity contribution in [2.45, 2.75) is 32.9 Å². The second kappa shape index (κ2) is 9.20. The summed E-state index contributed by atoms with van der Waals surface area (Å²) in [5, 5.41) is 13.9. The molecule has 6 rings (SSSR count). The van der Waals surface area contributed by atoms with E-state index in [2.05, 4.69) is 56.6 Å². The van der Waals surface area contributed by atoms with Crippen molar-refractivity contribution in [2.24, 2.45) is 0 Å². The van der Waals surface area contributed by atoms with Crippen LogP contribution < -0.4 is 15.2 Å². The first-order valence-corrected chi connectivity index (χ1v) is 12.4. The average Bonchev–Trinajstić information content (AvgIpc) is 3.55. The summed E-state index contributed by atoms with van der Waals surface area (Å²) in [6.45, 7) is 5.32. The number of rotatable bonds is 6. The van der Waals surface area contributed by atoms with Gasteiger partial charge in [-0.2, -0.15) is 0 Å². The fourth-order valence-electron chi connectivity index (χ4n) is 5.30. The zero-order valence-corrected chi connectivity index (χ0v) is 21.1. The maximum atomic E-state index is 13.7. The quantitative estimate of drug-likeness (QED) is 0.379. The molecule has 8 heteroatoms. The van der Waals surface area contributed by atoms with Crippen LogP contribution in [0.15, 0.2) is 71.5 Å². The van der Waals surface area contributed by atoms with E-state index in [-0.39, 0.29) is 5.56 Å². The van der Waals surface area contributed by atoms with Crippen LogP contribution in [0, 0.1) is 13.8 Å². The summed E-state index contributed by atoms with van der Waals surface area (Å²) in [4.78, 5) is 19.1. The molecule has 1 aliphatic rings. The molecule has 0 saturated heterocycles. The first kappa shape index (κ1) is 23.0. The van der Waals surface area contributed by atoms with Crippen LogP contribution in [0.1, 0.15) is 39.7 Å². The molecule has 186 valence electrons. The lowest BCUT2D eigenvalue weighted by atomic mass is 9.99. The summed E-state index contributed by atoms with van der Waals surface area (Å²) in [6.07, 6.45) is 0.899. The third kappa shape index (κ3) is 4.04. The van der Waals surface area contributed by atoms with Crippen LogP contribution in [0.25, 0.3) is 10.9 Å². The second-order valence-corrected chi connectivity index (χ2v) is 9.56. The predicted molar refractivity (Wildman–Crippen MR) is 143 cm³/mol. The van der Waals surface area contributed by atoms with Crippen molar-refractivity contribution in [2.75, 3.05) is 18.6 Å². The van der Waals surface area contributed by atoms with Gasteiger partial charge in [0.15, 0.2) is 5.82 Å². The lowest BCUT2D eigenvalue weighted by Gasteiger charge is -2.29. The van der Waals surface area contributed by atoms with E-state index in [9.17, 15) is 4.79 Å². The van der Waals surface area contributed by atoms with Crippen molar-refractivity contribution in [1.82, 2.24) is 25.2 Å². The van der Waals surface area contributed by atoms with Crippen molar-refractivity contribution in [1.29, 1.82) is 0 Å². The molecule has 0 spiro atoms. The molecule has 0 aliphatic carbocycles. The van der Waals surface area contributed by atoms with E-state index in [1.807, 2.05) is 49.4 Å². The summed E-state index contributed by atoms with van der Waals surface area (Å²) in [5.74, 6) is 1.42. The van der Waals surface area contributed by atoms with E-state index in [4.69, 9.17) is 4.74 Å². The van der Waals surface area contributed by atoms with Crippen molar-refractivity contribution in [3.8, 4) is 5.75 Å². The molecule has 0 fully saturated rings. The Labute approximate surface area is 214 Å². The molecule has 0 bridgehead atoms. The van der Waals surface area contributed by atoms with Gasteiger partial charge in [-0.05, 0) is 77.2 Å². The van der Waals surface area contributed by atoms with Gasteiger partial charge in [0.1, 0.15) is 11.8 Å². The Hall–Kier alpha value is -4.46. The molecule has 0 unspecified atom stereocenters. The van der Waals surface area contributed by atoms with E-state index in [0.29, 0.717) is 17.9 Å². The minimum atomic E-state index is -0.454. The first-order chi connectivity index (χ1) is 18.0. The SMILES string of the molecule is COc1ccc(Cn2nnnc2[C@H](c2cc3c(C)ccc(C)c3[nH]c2=O)N2CCc3ccccc32)cc1. The number of nitrogens with one attached hydrogen (secondary N) is 1. The number of hydrogen-bond donors (Lipinski definition) is 1. The molecule has 0 radical (unpaired) electrons. The Balaban J connectivity index is 1.52. The van der Waals surface area contributed by atoms with E-state index in [1.54, 1.807) is 11.8 Å². The van der Waals surface area contributed by atoms with E-state index < -0.39 is 6.04 Å². The number of pyridine rings is 1. The smallest absolute Gasteiger partial charge is 0.254 e. The molecule has 37 heavy (non-hydrogen) atoms. The highest BCUT2D eigenvalue weighted by atomic mass is 16.5. The molecule has 3 heterocycles. The average molecular weight is 493 g/mol. The number of hydrogen-bond acceptors (Lipinski definition) is 6. The Morgan fingerprint density at radius 2 is 1.81 bits per heavy atom. The molecule has 5 aromatic rings. The van der Waals surface area contributed by atoms with Crippen LogP contribution in [0.4, 0.5) is 5.69 Å². The molecule has 1 atom stereocenters. The van der Waals surface area contributed by atoms with Gasteiger partial charge in [-0.15, -0.1) is 5.10 Å². The van der Waals surface area contributed by atoms with Crippen molar-refractivity contribution in [3.05, 3.63) is 111 Å². The van der Waals surface area contributed by atoms with Crippen LogP contribution in [0.5, 0.6) is 5.75 Å². The lowest BCUT2D eigenvalue weighted by molar-refractivity contribution is 0.414. The zero-order chi connectivity index (χ0) is 25.5. The van der Waals surface area contributed by atoms with Gasteiger partial charge in [0.2, 0.25) is 0 Å². The Kier molecular flexibility index (Phi) is 5.71. The summed E-state index contributed by atoms with van der Waals surface area (Å²) in [6, 6.07) is 21.9. The van der Waals surface area contributed by atoms with Crippen molar-refractivity contribution in [3.63, 3.8) is 0 Å². The highest BCUT2D eigenvalue weighted by Gasteiger charge is 2.34. The van der Waals surface area contributed by atoms with E-state index in [0.717, 1.165) is 52.0 Å². The maximum Gasteiger partial charge on any atom is 0.254 e. The number of aromatic nitrogens is 5. The number of H-pyrrole nitrogens is 1. The van der Waals surface area contributed by atoms with Gasteiger partial charge >= 0.3 is 0 Å². The van der Waals surface area contributed by atoms with Gasteiger partial charge in [0.25, 0.3) is 5.56 Å². The number of benzene rings is 3. The number of para-hydroxylation sites is 1. The minimum Gasteiger partial charge on any atom is -0.497 e. The number of nitrogens with zero attached hydrogens (tertiary/aromatic N) is 5. The van der Waals surface area contributed by atoms with Gasteiger partial charge in [-0.1, -0.05) is 42.5 Å². The largest absolute Gasteiger partial charge is 0.497 e. The van der Waals surface area contributed by atoms with Gasteiger partial charge in [0.05, 0.1) is 19.2 Å². The van der Waals surface area contributed by atoms with Crippen molar-refractivity contribution >= 4 is 16.6 Å². The summed E-state index contributed by atoms with van der Waals surface area (Å²) >= 11 is 0. The highest BCUT2D eigenvalue weighted by Crippen LogP contribution is 2.38. The number of aryl methyl sites for hydroxylation is 2. The van der Waals surface area contributed by atoms with Gasteiger partial charge in [0, 0.05) is 23.2 Å². The standard InChI is InChI=1S/C29H28N6O2/c1-18-8-9-19(2)26-23(18)16-24(29(36)30-26)27(34-15-14-21-6-4-5-7-25(21)34)28-31-32-33-35(28)17-20-10-12-22(37-3)13-11-20/h4-13,16,27H,14-15,17H2,1-3H3,(H,30,36)/t27-/m0/s1. The van der Waals surface area contributed by atoms with Crippen LogP contribution >= 0.6 is 0 Å². The number of fused-ring (bicyclic) bond motifs is 2. The number of ether oxygens (including phenoxy) is 1. The third-order valence-electron chi connectivity index (χ3n) is 7.30. The monoisotopic (exact) mass is 492 g/mol. The lowest BCUT2D eigenvalue weighted by Crippen LogP contribution is -2.34. The van der Waals surface area contributed by atoms with Crippen LogP contribution in [-0.4, -0.2) is 38.8 Å². The molecule has 3 aromatic carbocycles. The number of tetrazole rings is 1. The summed E-state index contributed by atoms with van der Waals surface area (Å²) in [5.41, 5.74) is 6.91. The second-order valence-electron chi connectivity index (χ2n) is 9.56. The van der Waals surface area contributed by atoms with Gasteiger partial charge < -0.3 is 14.6 Å². The normalized spacial score (nSPS) is 13.6. The number of anilines is 1. The fraction of sp³-hybridized carbons (Fsp3) is 0.241. The fourth-order valence-corrected chi connectivity index (χ4v) is 5.30. The Bertz CT molecular complexity index is 1650. The van der Waals surface area contributed by atoms with Crippen molar-refractivity contribution < 1.29 is 4.74 Å². The van der Waals surface area contributed by atoms with Gasteiger partial charge in [-0.3, -0.25) is 4.79 Å². The molecule has 0 saturated carbocycles. The van der Waals surface area contributed by atoms with E-state index >= 15 is 0 Å². The topological polar surface area (TPSA) is 88.9 Å². The first-order valence-electron chi connectivity index (χ1n) is 12.4. The van der Waals surface area contributed by atoms with Crippen LogP contribution in [0.2, 0.25) is 0 Å². The summed E-state index contributed by atoms with van der Waals surface area (Å²) < 4.78 is 7.09. The zero-order valence-electron chi connectivity index (χ0n) is 21.1. The maximum absolute atomic E-state index is 13.7. The summed E-state index contributed by atoms with van der Waals surface area (Å²) in [7, 11) is 1.65. The molecule has 8 nitrogen and oxygen atoms in total. The molecular formula is C29H28N6O2. The van der Waals surface area contributed by atoms with Crippen LogP contribution in [0.3, 0.4) is 0 Å². The predicted octanol–water partition coefficient (Wildman–Crippen LogP) is 4.34. The minimum absolute atomic E-state index is 0.130. The molecule has 1 aliphatic heterocycles. The molecule has 1 N–H and O–H groups in total. The van der Waals surface area contributed by atoms with Crippen LogP contribution in [-0.2, 0) is 13.0 Å². The molecular weight excluding hydrogens is 464 g/mol. The third-order valence-corrected chi connectivity index (χ3v) is 7.30. The van der Waals surface area contributed by atoms with E-state index in [1.165, 1.54) is 5.56 Å². The van der Waals surface area contributed by atoms with Gasteiger partial charge in [-0.25, -0.2) is 4.68 Å².